The average Bonchev–Trinajstić information content (AvgIpc) is 3.26. The van der Waals surface area contributed by atoms with Crippen molar-refractivity contribution in [1.82, 2.24) is 24.7 Å². The second-order valence-electron chi connectivity index (χ2n) is 7.85. The fourth-order valence-electron chi connectivity index (χ4n) is 4.14. The molecule has 1 aromatic heterocycles. The highest BCUT2D eigenvalue weighted by atomic mass is 16.2. The Morgan fingerprint density at radius 3 is 2.84 bits per heavy atom. The van der Waals surface area contributed by atoms with Crippen molar-refractivity contribution in [2.24, 2.45) is 0 Å². The number of imidazole rings is 1. The Balaban J connectivity index is 1.56. The van der Waals surface area contributed by atoms with Gasteiger partial charge in [0.1, 0.15) is 5.82 Å². The lowest BCUT2D eigenvalue weighted by atomic mass is 9.97. The van der Waals surface area contributed by atoms with E-state index in [1.807, 2.05) is 11.1 Å². The van der Waals surface area contributed by atoms with Gasteiger partial charge in [-0.25, -0.2) is 9.78 Å². The highest BCUT2D eigenvalue weighted by Crippen LogP contribution is 2.26. The molecule has 0 bridgehead atoms. The Labute approximate surface area is 151 Å². The van der Waals surface area contributed by atoms with E-state index in [9.17, 15) is 4.79 Å². The number of aromatic nitrogens is 2. The van der Waals surface area contributed by atoms with E-state index in [4.69, 9.17) is 0 Å². The second kappa shape index (κ2) is 8.70. The largest absolute Gasteiger partial charge is 0.335 e. The third-order valence-corrected chi connectivity index (χ3v) is 5.51. The number of likely N-dealkylation sites (tertiary alicyclic amines) is 1. The van der Waals surface area contributed by atoms with Crippen molar-refractivity contribution in [2.45, 2.75) is 63.5 Å². The van der Waals surface area contributed by atoms with Crippen molar-refractivity contribution >= 4 is 6.03 Å². The van der Waals surface area contributed by atoms with Gasteiger partial charge in [0.2, 0.25) is 0 Å². The number of piperidine rings is 1. The molecule has 1 aromatic rings. The van der Waals surface area contributed by atoms with Crippen molar-refractivity contribution in [3.63, 3.8) is 0 Å². The predicted molar refractivity (Wildman–Crippen MR) is 99.7 cm³/mol. The molecule has 2 amide bonds. The van der Waals surface area contributed by atoms with Gasteiger partial charge in [0.25, 0.3) is 0 Å². The Morgan fingerprint density at radius 1 is 1.28 bits per heavy atom. The van der Waals surface area contributed by atoms with E-state index in [1.54, 1.807) is 0 Å². The summed E-state index contributed by atoms with van der Waals surface area (Å²) in [5.41, 5.74) is 0. The van der Waals surface area contributed by atoms with Crippen LogP contribution in [0.1, 0.15) is 56.7 Å². The molecule has 1 unspecified atom stereocenters. The summed E-state index contributed by atoms with van der Waals surface area (Å²) in [6.45, 7) is 3.75. The summed E-state index contributed by atoms with van der Waals surface area (Å²) >= 11 is 0. The molecule has 2 fully saturated rings. The van der Waals surface area contributed by atoms with E-state index < -0.39 is 0 Å². The predicted octanol–water partition coefficient (Wildman–Crippen LogP) is 2.67. The molecule has 0 aromatic carbocycles. The molecule has 0 radical (unpaired) electrons. The van der Waals surface area contributed by atoms with E-state index >= 15 is 0 Å². The van der Waals surface area contributed by atoms with E-state index in [0.717, 1.165) is 64.1 Å². The van der Waals surface area contributed by atoms with Crippen molar-refractivity contribution in [3.8, 4) is 0 Å². The molecule has 1 N–H and O–H groups in total. The smallest absolute Gasteiger partial charge is 0.317 e. The molecular weight excluding hydrogens is 314 g/mol. The van der Waals surface area contributed by atoms with Gasteiger partial charge in [-0.2, -0.15) is 0 Å². The lowest BCUT2D eigenvalue weighted by Gasteiger charge is -2.33. The van der Waals surface area contributed by atoms with Gasteiger partial charge in [0.05, 0.1) is 0 Å². The van der Waals surface area contributed by atoms with Gasteiger partial charge in [-0.3, -0.25) is 0 Å². The summed E-state index contributed by atoms with van der Waals surface area (Å²) in [5.74, 6) is 1.51. The van der Waals surface area contributed by atoms with Crippen LogP contribution in [-0.2, 0) is 6.54 Å². The minimum absolute atomic E-state index is 0.127. The molecule has 1 aliphatic carbocycles. The zero-order valence-corrected chi connectivity index (χ0v) is 15.8. The third kappa shape index (κ3) is 4.97. The molecule has 2 heterocycles. The van der Waals surface area contributed by atoms with Crippen molar-refractivity contribution in [2.75, 3.05) is 33.7 Å². The van der Waals surface area contributed by atoms with Crippen LogP contribution in [0, 0.1) is 0 Å². The van der Waals surface area contributed by atoms with Crippen LogP contribution in [0.5, 0.6) is 0 Å². The second-order valence-corrected chi connectivity index (χ2v) is 7.85. The quantitative estimate of drug-likeness (QED) is 0.861. The number of hydrogen-bond donors (Lipinski definition) is 1. The number of amides is 2. The van der Waals surface area contributed by atoms with Gasteiger partial charge >= 0.3 is 6.03 Å². The summed E-state index contributed by atoms with van der Waals surface area (Å²) in [5, 5.41) is 3.23. The molecule has 6 nitrogen and oxygen atoms in total. The summed E-state index contributed by atoms with van der Waals surface area (Å²) in [6, 6.07) is 0.517. The van der Waals surface area contributed by atoms with Gasteiger partial charge in [0.15, 0.2) is 0 Å². The van der Waals surface area contributed by atoms with E-state index in [1.165, 1.54) is 12.8 Å². The zero-order valence-electron chi connectivity index (χ0n) is 15.8. The van der Waals surface area contributed by atoms with Crippen LogP contribution in [-0.4, -0.2) is 65.2 Å². The first-order valence-electron chi connectivity index (χ1n) is 9.84. The average molecular weight is 348 g/mol. The van der Waals surface area contributed by atoms with Crippen LogP contribution in [0.15, 0.2) is 12.4 Å². The maximum atomic E-state index is 12.6. The lowest BCUT2D eigenvalue weighted by molar-refractivity contribution is 0.174. The van der Waals surface area contributed by atoms with Gasteiger partial charge in [-0.15, -0.1) is 0 Å². The Kier molecular flexibility index (Phi) is 6.34. The highest BCUT2D eigenvalue weighted by Gasteiger charge is 2.28. The molecule has 25 heavy (non-hydrogen) atoms. The van der Waals surface area contributed by atoms with E-state index in [2.05, 4.69) is 40.1 Å². The topological polar surface area (TPSA) is 53.4 Å². The van der Waals surface area contributed by atoms with Crippen molar-refractivity contribution < 1.29 is 4.79 Å². The standard InChI is InChI=1S/C19H33N5O/c1-22(2)11-6-13-23-14-10-20-18(23)16-7-5-12-24(15-16)19(25)21-17-8-3-4-9-17/h10,14,16-17H,3-9,11-13,15H2,1-2H3,(H,21,25). The highest BCUT2D eigenvalue weighted by molar-refractivity contribution is 5.74. The van der Waals surface area contributed by atoms with E-state index in [0.29, 0.717) is 12.0 Å². The van der Waals surface area contributed by atoms with Gasteiger partial charge in [-0.1, -0.05) is 12.8 Å². The number of nitrogens with zero attached hydrogens (tertiary/aromatic N) is 4. The molecule has 140 valence electrons. The number of carbonyl (C=O) groups is 1. The lowest BCUT2D eigenvalue weighted by Crippen LogP contribution is -2.47. The minimum Gasteiger partial charge on any atom is -0.335 e. The van der Waals surface area contributed by atoms with E-state index in [-0.39, 0.29) is 6.03 Å². The molecule has 1 atom stereocenters. The van der Waals surface area contributed by atoms with Crippen LogP contribution in [0.25, 0.3) is 0 Å². The molecule has 2 aliphatic rings. The molecule has 6 heteroatoms. The molecular formula is C19H33N5O. The molecule has 1 aliphatic heterocycles. The van der Waals surface area contributed by atoms with Gasteiger partial charge in [0, 0.05) is 44.0 Å². The zero-order chi connectivity index (χ0) is 17.6. The Bertz CT molecular complexity index is 550. The Hall–Kier alpha value is -1.56. The number of hydrogen-bond acceptors (Lipinski definition) is 3. The van der Waals surface area contributed by atoms with Crippen LogP contribution in [0.4, 0.5) is 4.79 Å². The number of rotatable bonds is 6. The normalized spacial score (nSPS) is 21.9. The maximum Gasteiger partial charge on any atom is 0.317 e. The first-order chi connectivity index (χ1) is 12.1. The molecule has 1 saturated heterocycles. The third-order valence-electron chi connectivity index (χ3n) is 5.51. The first-order valence-corrected chi connectivity index (χ1v) is 9.84. The summed E-state index contributed by atoms with van der Waals surface area (Å²) in [6.07, 6.45) is 12.1. The van der Waals surface area contributed by atoms with Crippen molar-refractivity contribution in [1.29, 1.82) is 0 Å². The number of urea groups is 1. The number of nitrogens with one attached hydrogen (secondary N) is 1. The Morgan fingerprint density at radius 2 is 2.08 bits per heavy atom. The monoisotopic (exact) mass is 347 g/mol. The summed E-state index contributed by atoms with van der Waals surface area (Å²) in [7, 11) is 4.22. The molecule has 1 saturated carbocycles. The van der Waals surface area contributed by atoms with Crippen LogP contribution < -0.4 is 5.32 Å². The van der Waals surface area contributed by atoms with Gasteiger partial charge < -0.3 is 19.7 Å². The molecule has 0 spiro atoms. The summed E-state index contributed by atoms with van der Waals surface area (Å²) < 4.78 is 2.28. The first kappa shape index (κ1) is 18.2. The minimum atomic E-state index is 0.127. The summed E-state index contributed by atoms with van der Waals surface area (Å²) in [4.78, 5) is 21.4. The van der Waals surface area contributed by atoms with Crippen molar-refractivity contribution in [3.05, 3.63) is 18.2 Å². The van der Waals surface area contributed by atoms with Crippen LogP contribution >= 0.6 is 0 Å². The van der Waals surface area contributed by atoms with Crippen LogP contribution in [0.2, 0.25) is 0 Å². The fraction of sp³-hybridized carbons (Fsp3) is 0.789. The maximum absolute atomic E-state index is 12.6. The van der Waals surface area contributed by atoms with Gasteiger partial charge in [-0.05, 0) is 52.7 Å². The number of carbonyl (C=O) groups excluding carboxylic acids is 1. The number of aryl methyl sites for hydroxylation is 1. The fourth-order valence-corrected chi connectivity index (χ4v) is 4.14. The SMILES string of the molecule is CN(C)CCCn1ccnc1C1CCCN(C(=O)NC2CCCC2)C1. The molecule has 3 rings (SSSR count). The van der Waals surface area contributed by atoms with Crippen LogP contribution in [0.3, 0.4) is 0 Å².